The number of ketones is 2. The van der Waals surface area contributed by atoms with Crippen molar-refractivity contribution < 1.29 is 88.0 Å². The predicted octanol–water partition coefficient (Wildman–Crippen LogP) is 2.34. The molecule has 0 aromatic heterocycles. The number of allylic oxidation sites excluding steroid dienone is 4. The van der Waals surface area contributed by atoms with Crippen LogP contribution in [-0.4, -0.2) is 128 Å². The fourth-order valence-corrected chi connectivity index (χ4v) is 9.10. The second kappa shape index (κ2) is 18.3. The number of Topliss-reactive ketones (excluding diaryl/α,β-unsaturated/α-hetero) is 1. The molecule has 0 aliphatic heterocycles. The molecular formula is C38H48FN3O17. The van der Waals surface area contributed by atoms with Crippen LogP contribution in [0.5, 0.6) is 11.5 Å². The third-order valence-electron chi connectivity index (χ3n) is 12.1. The van der Waals surface area contributed by atoms with Crippen molar-refractivity contribution >= 4 is 35.7 Å². The van der Waals surface area contributed by atoms with Crippen LogP contribution < -0.4 is 14.8 Å². The molecule has 20 nitrogen and oxygen atoms in total. The molecule has 21 heteroatoms. The number of methoxy groups -OCH3 is 1. The quantitative estimate of drug-likeness (QED) is 0.0513. The van der Waals surface area contributed by atoms with Gasteiger partial charge in [0.15, 0.2) is 29.6 Å². The molecule has 1 amide bonds. The molecule has 0 spiro atoms. The molecule has 0 radical (unpaired) electrons. The molecule has 3 saturated carbocycles. The van der Waals surface area contributed by atoms with E-state index in [1.54, 1.807) is 13.8 Å². The maximum atomic E-state index is 17.3. The van der Waals surface area contributed by atoms with Crippen molar-refractivity contribution in [2.45, 2.75) is 75.9 Å². The predicted molar refractivity (Wildman–Crippen MR) is 193 cm³/mol. The van der Waals surface area contributed by atoms with Crippen LogP contribution in [0, 0.1) is 22.7 Å². The first-order valence-electron chi connectivity index (χ1n) is 18.6. The molecule has 8 atom stereocenters. The number of alkyl carbamates (subject to hydrolysis) is 1. The molecule has 4 aliphatic carbocycles. The largest absolute Gasteiger partial charge is 0.493 e. The van der Waals surface area contributed by atoms with Gasteiger partial charge in [-0.3, -0.25) is 30.4 Å². The number of halogens is 1. The zero-order valence-electron chi connectivity index (χ0n) is 32.4. The number of hydrogen-bond donors (Lipinski definition) is 7. The second-order valence-corrected chi connectivity index (χ2v) is 15.2. The standard InChI is InChI=1S/C38H48FN3O17/c1-35-13-10-24(43)17-23(35)6-7-27-26-11-14-37(49,36(26,2)18-30(44)38(27,35)39)31(45)21-56-34(48)40-19-33(47)58-28-8-4-22(16-29(28)54-3)5-9-32(46)55-15-12-25(59-42(52)53)20-57-41(50)51/h4-5,8-10,13,16-17,25-27,30,44,49-53H,6-7,11-12,14-15,18-21H2,1-3H3,(H,40,48)/b9-5+/t25?,26?,27-,30-,35-,36-,37?,38?/m0/s1. The lowest BCUT2D eigenvalue weighted by atomic mass is 9.44. The maximum Gasteiger partial charge on any atom is 0.408 e. The SMILES string of the molecule is COc1cc(/C=C/C(=O)OCCC(CON(O)O)ON(O)O)ccc1OC(=O)CNC(=O)OCC(=O)C1(O)CCC2[C@@H]3CCC4=CC(=O)C=C[C@]4(C)C3(F)[C@@H](O)C[C@@]21C. The molecule has 0 bridgehead atoms. The summed E-state index contributed by atoms with van der Waals surface area (Å²) in [6, 6.07) is 4.23. The number of alkyl halides is 1. The van der Waals surface area contributed by atoms with Gasteiger partial charge in [0, 0.05) is 29.2 Å². The van der Waals surface area contributed by atoms with E-state index in [1.165, 1.54) is 49.6 Å². The zero-order valence-corrected chi connectivity index (χ0v) is 32.4. The fourth-order valence-electron chi connectivity index (χ4n) is 9.10. The first kappa shape index (κ1) is 45.4. The van der Waals surface area contributed by atoms with Crippen LogP contribution in [0.1, 0.15) is 57.9 Å². The van der Waals surface area contributed by atoms with Gasteiger partial charge in [-0.25, -0.2) is 28.4 Å². The summed E-state index contributed by atoms with van der Waals surface area (Å²) in [4.78, 5) is 71.8. The van der Waals surface area contributed by atoms with Gasteiger partial charge in [0.2, 0.25) is 5.78 Å². The number of esters is 2. The van der Waals surface area contributed by atoms with Crippen molar-refractivity contribution in [3.63, 3.8) is 0 Å². The highest BCUT2D eigenvalue weighted by Crippen LogP contribution is 2.69. The van der Waals surface area contributed by atoms with E-state index in [4.69, 9.17) is 39.8 Å². The van der Waals surface area contributed by atoms with Crippen LogP contribution >= 0.6 is 0 Å². The van der Waals surface area contributed by atoms with Crippen molar-refractivity contribution in [2.24, 2.45) is 22.7 Å². The Labute approximate surface area is 336 Å². The topological polar surface area (TPSA) is 281 Å². The van der Waals surface area contributed by atoms with E-state index in [9.17, 15) is 34.2 Å². The highest BCUT2D eigenvalue weighted by molar-refractivity contribution is 6.01. The Hall–Kier alpha value is -4.68. The van der Waals surface area contributed by atoms with Crippen LogP contribution in [0.4, 0.5) is 9.18 Å². The highest BCUT2D eigenvalue weighted by atomic mass is 19.1. The monoisotopic (exact) mass is 837 g/mol. The number of fused-ring (bicyclic) bond motifs is 5. The van der Waals surface area contributed by atoms with Gasteiger partial charge in [-0.15, -0.1) is 0 Å². The summed E-state index contributed by atoms with van der Waals surface area (Å²) in [6.07, 6.45) is 3.36. The molecule has 1 aromatic rings. The van der Waals surface area contributed by atoms with E-state index in [0.717, 1.165) is 6.08 Å². The van der Waals surface area contributed by atoms with Crippen LogP contribution in [-0.2, 0) is 38.3 Å². The molecule has 7 N–H and O–H groups in total. The van der Waals surface area contributed by atoms with E-state index in [-0.39, 0.29) is 49.6 Å². The van der Waals surface area contributed by atoms with Crippen LogP contribution in [0.25, 0.3) is 6.08 Å². The minimum atomic E-state index is -2.14. The molecule has 1 aromatic carbocycles. The Morgan fingerprint density at radius 2 is 1.80 bits per heavy atom. The van der Waals surface area contributed by atoms with Crippen LogP contribution in [0.2, 0.25) is 0 Å². The molecule has 0 saturated heterocycles. The maximum absolute atomic E-state index is 17.3. The molecule has 0 heterocycles. The smallest absolute Gasteiger partial charge is 0.408 e. The van der Waals surface area contributed by atoms with E-state index >= 15 is 4.39 Å². The number of rotatable bonds is 17. The zero-order chi connectivity index (χ0) is 43.3. The van der Waals surface area contributed by atoms with Crippen LogP contribution in [0.15, 0.2) is 48.1 Å². The molecule has 3 fully saturated rings. The third kappa shape index (κ3) is 9.39. The van der Waals surface area contributed by atoms with Crippen LogP contribution in [0.3, 0.4) is 0 Å². The van der Waals surface area contributed by atoms with Crippen molar-refractivity contribution in [2.75, 3.05) is 33.5 Å². The van der Waals surface area contributed by atoms with Gasteiger partial charge in [0.25, 0.3) is 0 Å². The third-order valence-corrected chi connectivity index (χ3v) is 12.1. The summed E-state index contributed by atoms with van der Waals surface area (Å²) in [6.45, 7) is 0.912. The van der Waals surface area contributed by atoms with E-state index in [2.05, 4.69) is 15.0 Å². The van der Waals surface area contributed by atoms with Gasteiger partial charge in [0.05, 0.1) is 30.6 Å². The highest BCUT2D eigenvalue weighted by Gasteiger charge is 2.74. The summed E-state index contributed by atoms with van der Waals surface area (Å²) >= 11 is 0. The van der Waals surface area contributed by atoms with Crippen molar-refractivity contribution in [3.8, 4) is 11.5 Å². The number of aliphatic hydroxyl groups is 2. The first-order valence-corrected chi connectivity index (χ1v) is 18.6. The lowest BCUT2D eigenvalue weighted by Gasteiger charge is -2.62. The number of hydrogen-bond acceptors (Lipinski definition) is 19. The number of carbonyl (C=O) groups excluding carboxylic acids is 5. The normalized spacial score (nSPS) is 30.3. The number of amides is 1. The van der Waals surface area contributed by atoms with Crippen molar-refractivity contribution in [1.29, 1.82) is 0 Å². The average Bonchev–Trinajstić information content (AvgIpc) is 3.45. The van der Waals surface area contributed by atoms with E-state index < -0.39 is 100 Å². The van der Waals surface area contributed by atoms with Crippen molar-refractivity contribution in [1.82, 2.24) is 16.1 Å². The number of nitrogens with zero attached hydrogens (tertiary/aromatic N) is 2. The molecule has 324 valence electrons. The molecule has 5 rings (SSSR count). The second-order valence-electron chi connectivity index (χ2n) is 15.2. The lowest BCUT2D eigenvalue weighted by Crippen LogP contribution is -2.69. The van der Waals surface area contributed by atoms with Gasteiger partial charge in [-0.2, -0.15) is 0 Å². The number of benzene rings is 1. The summed E-state index contributed by atoms with van der Waals surface area (Å²) in [5.41, 5.74) is -5.64. The number of aliphatic hydroxyl groups excluding tert-OH is 1. The van der Waals surface area contributed by atoms with Gasteiger partial charge in [0.1, 0.15) is 24.9 Å². The summed E-state index contributed by atoms with van der Waals surface area (Å²) < 4.78 is 37.9. The Bertz CT molecular complexity index is 1870. The number of ether oxygens (including phenoxy) is 4. The number of nitrogens with one attached hydrogen (secondary N) is 1. The van der Waals surface area contributed by atoms with Gasteiger partial charge in [-0.05, 0) is 80.9 Å². The fraction of sp³-hybridized carbons (Fsp3) is 0.553. The number of carbonyl (C=O) groups is 5. The average molecular weight is 838 g/mol. The Morgan fingerprint density at radius 1 is 1.05 bits per heavy atom. The summed E-state index contributed by atoms with van der Waals surface area (Å²) in [7, 11) is 1.29. The lowest BCUT2D eigenvalue weighted by molar-refractivity contribution is -0.527. The van der Waals surface area contributed by atoms with E-state index in [0.29, 0.717) is 24.0 Å². The minimum absolute atomic E-state index is 0.0415. The summed E-state index contributed by atoms with van der Waals surface area (Å²) in [5.74, 6) is -4.03. The Balaban J connectivity index is 1.09. The summed E-state index contributed by atoms with van der Waals surface area (Å²) in [5, 5.41) is 59.1. The minimum Gasteiger partial charge on any atom is -0.493 e. The molecule has 59 heavy (non-hydrogen) atoms. The first-order chi connectivity index (χ1) is 27.8. The molecule has 4 aliphatic rings. The van der Waals surface area contributed by atoms with Gasteiger partial charge in [-0.1, -0.05) is 24.6 Å². The van der Waals surface area contributed by atoms with Crippen molar-refractivity contribution in [3.05, 3.63) is 53.6 Å². The Morgan fingerprint density at radius 3 is 2.49 bits per heavy atom. The van der Waals surface area contributed by atoms with Gasteiger partial charge < -0.3 is 34.5 Å². The molecular weight excluding hydrogens is 789 g/mol. The van der Waals surface area contributed by atoms with E-state index in [1.807, 2.05) is 0 Å². The molecule has 4 unspecified atom stereocenters. The Kier molecular flexibility index (Phi) is 14.1. The van der Waals surface area contributed by atoms with Gasteiger partial charge >= 0.3 is 18.0 Å².